The highest BCUT2D eigenvalue weighted by molar-refractivity contribution is 5.72. The van der Waals surface area contributed by atoms with Gasteiger partial charge in [0.1, 0.15) is 0 Å². The van der Waals surface area contributed by atoms with Gasteiger partial charge >= 0.3 is 5.97 Å². The predicted octanol–water partition coefficient (Wildman–Crippen LogP) is 1.98. The van der Waals surface area contributed by atoms with E-state index in [1.165, 1.54) is 0 Å². The molecule has 0 aromatic carbocycles. The zero-order valence-electron chi connectivity index (χ0n) is 11.6. The van der Waals surface area contributed by atoms with E-state index < -0.39 is 12.1 Å². The summed E-state index contributed by atoms with van der Waals surface area (Å²) in [6, 6.07) is 0.440. The Morgan fingerprint density at radius 3 is 2.47 bits per heavy atom. The van der Waals surface area contributed by atoms with Gasteiger partial charge in [0.05, 0.1) is 6.10 Å². The molecule has 100 valence electrons. The molecule has 0 amide bonds. The van der Waals surface area contributed by atoms with Crippen LogP contribution in [0, 0.1) is 5.41 Å². The first-order chi connectivity index (χ1) is 7.71. The van der Waals surface area contributed by atoms with Crippen LogP contribution in [0.3, 0.4) is 0 Å². The number of aliphatic carboxylic acids is 1. The Balaban J connectivity index is 2.43. The van der Waals surface area contributed by atoms with Crippen LogP contribution in [-0.4, -0.2) is 47.8 Å². The van der Waals surface area contributed by atoms with Crippen molar-refractivity contribution in [1.29, 1.82) is 0 Å². The molecule has 3 unspecified atom stereocenters. The summed E-state index contributed by atoms with van der Waals surface area (Å²) in [6.07, 6.45) is 0.944. The molecule has 1 saturated heterocycles. The number of likely N-dealkylation sites (N-methyl/N-ethyl adjacent to an activating group) is 1. The van der Waals surface area contributed by atoms with Crippen LogP contribution in [0.15, 0.2) is 0 Å². The molecular weight excluding hydrogens is 218 g/mol. The molecule has 0 aromatic rings. The minimum Gasteiger partial charge on any atom is -0.479 e. The third kappa shape index (κ3) is 3.96. The summed E-state index contributed by atoms with van der Waals surface area (Å²) in [5.74, 6) is -0.834. The smallest absolute Gasteiger partial charge is 0.332 e. The molecule has 1 N–H and O–H groups in total. The first-order valence-electron chi connectivity index (χ1n) is 6.30. The summed E-state index contributed by atoms with van der Waals surface area (Å²) >= 11 is 0. The average molecular weight is 243 g/mol. The molecule has 1 fully saturated rings. The molecule has 1 aliphatic heterocycles. The van der Waals surface area contributed by atoms with Gasteiger partial charge in [0.15, 0.2) is 6.10 Å². The molecule has 17 heavy (non-hydrogen) atoms. The SMILES string of the molecule is CC(N(C)CC1CCC(C(=O)O)O1)C(C)(C)C. The fourth-order valence-corrected chi connectivity index (χ4v) is 2.16. The van der Waals surface area contributed by atoms with Gasteiger partial charge in [0.2, 0.25) is 0 Å². The van der Waals surface area contributed by atoms with Crippen LogP contribution in [0.5, 0.6) is 0 Å². The molecule has 1 rings (SSSR count). The van der Waals surface area contributed by atoms with E-state index in [4.69, 9.17) is 9.84 Å². The largest absolute Gasteiger partial charge is 0.479 e. The van der Waals surface area contributed by atoms with E-state index in [-0.39, 0.29) is 11.5 Å². The van der Waals surface area contributed by atoms with Crippen molar-refractivity contribution in [1.82, 2.24) is 4.90 Å². The number of carbonyl (C=O) groups is 1. The lowest BCUT2D eigenvalue weighted by Gasteiger charge is -2.36. The van der Waals surface area contributed by atoms with E-state index in [0.29, 0.717) is 12.5 Å². The number of nitrogens with zero attached hydrogens (tertiary/aromatic N) is 1. The second-order valence-corrected chi connectivity index (χ2v) is 6.14. The summed E-state index contributed by atoms with van der Waals surface area (Å²) in [5.41, 5.74) is 0.222. The monoisotopic (exact) mass is 243 g/mol. The zero-order chi connectivity index (χ0) is 13.2. The molecule has 1 aliphatic rings. The summed E-state index contributed by atoms with van der Waals surface area (Å²) in [4.78, 5) is 13.0. The minimum absolute atomic E-state index is 0.0610. The van der Waals surface area contributed by atoms with E-state index >= 15 is 0 Å². The number of rotatable bonds is 4. The second kappa shape index (κ2) is 5.36. The molecule has 0 aromatic heterocycles. The fraction of sp³-hybridized carbons (Fsp3) is 0.923. The van der Waals surface area contributed by atoms with Gasteiger partial charge in [-0.3, -0.25) is 0 Å². The molecule has 4 heteroatoms. The minimum atomic E-state index is -0.834. The van der Waals surface area contributed by atoms with Crippen molar-refractivity contribution in [3.63, 3.8) is 0 Å². The van der Waals surface area contributed by atoms with Gasteiger partial charge in [-0.15, -0.1) is 0 Å². The highest BCUT2D eigenvalue weighted by Gasteiger charge is 2.33. The normalized spacial score (nSPS) is 27.4. The van der Waals surface area contributed by atoms with Crippen molar-refractivity contribution >= 4 is 5.97 Å². The Morgan fingerprint density at radius 2 is 2.06 bits per heavy atom. The fourth-order valence-electron chi connectivity index (χ4n) is 2.16. The van der Waals surface area contributed by atoms with Crippen LogP contribution < -0.4 is 0 Å². The van der Waals surface area contributed by atoms with Gasteiger partial charge in [-0.25, -0.2) is 4.79 Å². The van der Waals surface area contributed by atoms with Crippen molar-refractivity contribution in [2.45, 2.75) is 58.8 Å². The molecule has 1 heterocycles. The summed E-state index contributed by atoms with van der Waals surface area (Å²) in [6.45, 7) is 9.64. The number of hydrogen-bond acceptors (Lipinski definition) is 3. The van der Waals surface area contributed by atoms with E-state index in [0.717, 1.165) is 13.0 Å². The molecule has 0 bridgehead atoms. The maximum absolute atomic E-state index is 10.8. The van der Waals surface area contributed by atoms with Gasteiger partial charge in [0.25, 0.3) is 0 Å². The highest BCUT2D eigenvalue weighted by Crippen LogP contribution is 2.26. The second-order valence-electron chi connectivity index (χ2n) is 6.14. The van der Waals surface area contributed by atoms with Gasteiger partial charge in [-0.1, -0.05) is 20.8 Å². The Morgan fingerprint density at radius 1 is 1.47 bits per heavy atom. The lowest BCUT2D eigenvalue weighted by Crippen LogP contribution is -2.43. The molecular formula is C13H25NO3. The number of hydrogen-bond donors (Lipinski definition) is 1. The Kier molecular flexibility index (Phi) is 4.55. The Hall–Kier alpha value is -0.610. The van der Waals surface area contributed by atoms with Crippen LogP contribution in [0.1, 0.15) is 40.5 Å². The lowest BCUT2D eigenvalue weighted by molar-refractivity contribution is -0.149. The Labute approximate surface area is 104 Å². The predicted molar refractivity (Wildman–Crippen MR) is 67.1 cm³/mol. The van der Waals surface area contributed by atoms with Crippen molar-refractivity contribution < 1.29 is 14.6 Å². The quantitative estimate of drug-likeness (QED) is 0.820. The topological polar surface area (TPSA) is 49.8 Å². The summed E-state index contributed by atoms with van der Waals surface area (Å²) in [5, 5.41) is 8.86. The zero-order valence-corrected chi connectivity index (χ0v) is 11.6. The molecule has 4 nitrogen and oxygen atoms in total. The maximum atomic E-state index is 10.8. The van der Waals surface area contributed by atoms with Gasteiger partial charge in [0, 0.05) is 12.6 Å². The molecule has 0 spiro atoms. The van der Waals surface area contributed by atoms with Gasteiger partial charge in [-0.05, 0) is 32.2 Å². The standard InChI is InChI=1S/C13H25NO3/c1-9(13(2,3)4)14(5)8-10-6-7-11(17-10)12(15)16/h9-11H,6-8H2,1-5H3,(H,15,16). The van der Waals surface area contributed by atoms with E-state index in [1.807, 2.05) is 0 Å². The maximum Gasteiger partial charge on any atom is 0.332 e. The van der Waals surface area contributed by atoms with Gasteiger partial charge < -0.3 is 14.7 Å². The third-order valence-corrected chi connectivity index (χ3v) is 3.79. The first-order valence-corrected chi connectivity index (χ1v) is 6.30. The van der Waals surface area contributed by atoms with Gasteiger partial charge in [-0.2, -0.15) is 0 Å². The van der Waals surface area contributed by atoms with E-state index in [1.54, 1.807) is 0 Å². The lowest BCUT2D eigenvalue weighted by atomic mass is 9.87. The van der Waals surface area contributed by atoms with Crippen molar-refractivity contribution in [2.24, 2.45) is 5.41 Å². The molecule has 3 atom stereocenters. The van der Waals surface area contributed by atoms with Crippen molar-refractivity contribution in [3.05, 3.63) is 0 Å². The first kappa shape index (κ1) is 14.5. The van der Waals surface area contributed by atoms with Crippen molar-refractivity contribution in [3.8, 4) is 0 Å². The molecule has 0 radical (unpaired) electrons. The van der Waals surface area contributed by atoms with Crippen molar-refractivity contribution in [2.75, 3.05) is 13.6 Å². The number of carboxylic acids is 1. The number of carboxylic acid groups (broad SMARTS) is 1. The average Bonchev–Trinajstić information content (AvgIpc) is 2.63. The summed E-state index contributed by atoms with van der Waals surface area (Å²) in [7, 11) is 2.08. The van der Waals surface area contributed by atoms with Crippen LogP contribution in [0.2, 0.25) is 0 Å². The number of ether oxygens (including phenoxy) is 1. The molecule has 0 saturated carbocycles. The van der Waals surface area contributed by atoms with E-state index in [9.17, 15) is 4.79 Å². The van der Waals surface area contributed by atoms with Crippen LogP contribution in [0.4, 0.5) is 0 Å². The van der Waals surface area contributed by atoms with E-state index in [2.05, 4.69) is 39.6 Å². The highest BCUT2D eigenvalue weighted by atomic mass is 16.5. The van der Waals surface area contributed by atoms with Crippen LogP contribution in [0.25, 0.3) is 0 Å². The molecule has 0 aliphatic carbocycles. The van der Waals surface area contributed by atoms with Crippen LogP contribution in [-0.2, 0) is 9.53 Å². The Bertz CT molecular complexity index is 272. The van der Waals surface area contributed by atoms with Crippen LogP contribution >= 0.6 is 0 Å². The summed E-state index contributed by atoms with van der Waals surface area (Å²) < 4.78 is 5.52. The third-order valence-electron chi connectivity index (χ3n) is 3.79.